The van der Waals surface area contributed by atoms with Crippen molar-refractivity contribution in [1.29, 1.82) is 0 Å². The van der Waals surface area contributed by atoms with Gasteiger partial charge in [-0.2, -0.15) is 0 Å². The van der Waals surface area contributed by atoms with E-state index in [-0.39, 0.29) is 27.9 Å². The largest absolute Gasteiger partial charge is 0.451 e. The monoisotopic (exact) mass is 975 g/mol. The molecule has 0 spiro atoms. The fraction of sp³-hybridized carbons (Fsp3) is 0.360. The van der Waals surface area contributed by atoms with Crippen molar-refractivity contribution >= 4 is 73.5 Å². The summed E-state index contributed by atoms with van der Waals surface area (Å²) in [5.74, 6) is -1.54. The van der Waals surface area contributed by atoms with Crippen molar-refractivity contribution in [3.63, 3.8) is 0 Å². The normalized spacial score (nSPS) is 16.6. The molecule has 1 amide bonds. The van der Waals surface area contributed by atoms with Crippen molar-refractivity contribution in [2.75, 3.05) is 135 Å². The Bertz CT molecular complexity index is 3030. The molecule has 9 heterocycles. The van der Waals surface area contributed by atoms with E-state index in [4.69, 9.17) is 13.9 Å². The van der Waals surface area contributed by atoms with E-state index in [9.17, 15) is 18.0 Å². The molecule has 0 radical (unpaired) electrons. The van der Waals surface area contributed by atoms with Crippen LogP contribution in [0.1, 0.15) is 21.6 Å². The number of carbonyl (C=O) groups is 1. The molecular weight excluding hydrogens is 923 g/mol. The van der Waals surface area contributed by atoms with E-state index in [1.807, 2.05) is 37.1 Å². The first kappa shape index (κ1) is 47.3. The molecule has 17 nitrogen and oxygen atoms in total. The van der Waals surface area contributed by atoms with Crippen LogP contribution in [-0.2, 0) is 9.47 Å². The average Bonchev–Trinajstić information content (AvgIpc) is 3.94. The minimum atomic E-state index is -0.702. The van der Waals surface area contributed by atoms with Crippen LogP contribution in [0.25, 0.3) is 21.8 Å². The topological polar surface area (TPSA) is 165 Å². The van der Waals surface area contributed by atoms with Gasteiger partial charge in [0.1, 0.15) is 41.2 Å². The Kier molecular flexibility index (Phi) is 13.9. The lowest BCUT2D eigenvalue weighted by molar-refractivity contribution is 0.0740. The number of benzene rings is 2. The molecule has 11 rings (SSSR count). The maximum Gasteiger partial charge on any atom is 0.275 e. The number of piperazine rings is 2. The molecule has 4 aliphatic heterocycles. The van der Waals surface area contributed by atoms with E-state index >= 15 is 4.39 Å². The first-order valence-corrected chi connectivity index (χ1v) is 23.6. The number of nitrogens with zero attached hydrogens (tertiary/aromatic N) is 10. The van der Waals surface area contributed by atoms with Gasteiger partial charge in [0.25, 0.3) is 5.91 Å². The third kappa shape index (κ3) is 10.3. The zero-order chi connectivity index (χ0) is 49.0. The Hall–Kier alpha value is -7.36. The molecular formula is C50H53F4N13O4. The van der Waals surface area contributed by atoms with Crippen molar-refractivity contribution in [3.05, 3.63) is 114 Å². The zero-order valence-electron chi connectivity index (χ0n) is 39.4. The first-order chi connectivity index (χ1) is 34.6. The predicted octanol–water partition coefficient (Wildman–Crippen LogP) is 6.95. The highest BCUT2D eigenvalue weighted by molar-refractivity contribution is 5.99. The van der Waals surface area contributed by atoms with Gasteiger partial charge in [-0.1, -0.05) is 0 Å². The highest BCUT2D eigenvalue weighted by Gasteiger charge is 2.28. The summed E-state index contributed by atoms with van der Waals surface area (Å²) in [6.07, 6.45) is 9.54. The summed E-state index contributed by atoms with van der Waals surface area (Å²) in [6.45, 7) is 14.6. The second-order valence-electron chi connectivity index (χ2n) is 17.6. The van der Waals surface area contributed by atoms with Crippen LogP contribution in [-0.4, -0.2) is 141 Å². The number of pyridine rings is 4. The number of nitrogens with one attached hydrogen (secondary N) is 3. The lowest BCUT2D eigenvalue weighted by atomic mass is 10.1. The van der Waals surface area contributed by atoms with Crippen LogP contribution in [0.2, 0.25) is 0 Å². The van der Waals surface area contributed by atoms with Gasteiger partial charge in [-0.15, -0.1) is 0 Å². The summed E-state index contributed by atoms with van der Waals surface area (Å²) in [6, 6.07) is 8.25. The third-order valence-electron chi connectivity index (χ3n) is 13.1. The van der Waals surface area contributed by atoms with Gasteiger partial charge in [0.15, 0.2) is 12.1 Å². The van der Waals surface area contributed by atoms with Gasteiger partial charge < -0.3 is 54.3 Å². The SMILES string of the molecule is Cc1c(N2CCN(C(=O)c3cocn3)CC2)nc2cc(F)cc(F)c2c1Nc1cncc(N2CCOCC2)c1.Cc1c(N2CCNCC2)nc2cc(F)cc(F)c2c1Nc1cncc(N2CCOCC2)c1. The van der Waals surface area contributed by atoms with Gasteiger partial charge in [-0.3, -0.25) is 14.8 Å². The minimum absolute atomic E-state index is 0.203. The van der Waals surface area contributed by atoms with Crippen molar-refractivity contribution in [2.24, 2.45) is 0 Å². The van der Waals surface area contributed by atoms with Gasteiger partial charge in [-0.05, 0) is 26.0 Å². The van der Waals surface area contributed by atoms with Crippen LogP contribution in [0.3, 0.4) is 0 Å². The number of hydrogen-bond acceptors (Lipinski definition) is 16. The zero-order valence-corrected chi connectivity index (χ0v) is 39.4. The van der Waals surface area contributed by atoms with E-state index in [1.54, 1.807) is 23.5 Å². The molecule has 0 unspecified atom stereocenters. The molecule has 0 aliphatic carbocycles. The smallest absolute Gasteiger partial charge is 0.275 e. The quantitative estimate of drug-likeness (QED) is 0.127. The number of oxazole rings is 1. The molecule has 5 aromatic heterocycles. The van der Waals surface area contributed by atoms with Crippen LogP contribution in [0.5, 0.6) is 0 Å². The molecule has 21 heteroatoms. The molecule has 0 saturated carbocycles. The number of ether oxygens (including phenoxy) is 2. The number of anilines is 8. The number of amides is 1. The standard InChI is InChI=1S/C27H27F2N7O3.C23H26F2N6O/c1-17-25(32-19-12-20(14-30-13-19)34-6-8-38-9-7-34)24-21(29)10-18(28)11-22(24)33-26(17)35-2-4-36(5-3-35)27(37)23-15-39-16-31-23;1-15-22(28-17-12-18(14-27-13-17)30-6-8-32-9-7-30)21-19(25)10-16(24)11-20(21)29-23(15)31-4-2-26-3-5-31/h10-16H,2-9H2,1H3,(H,32,33);10-14,26H,2-9H2,1H3,(H,28,29). The Morgan fingerprint density at radius 1 is 0.592 bits per heavy atom. The molecule has 0 atom stereocenters. The number of rotatable bonds is 9. The summed E-state index contributed by atoms with van der Waals surface area (Å²) in [4.78, 5) is 45.0. The summed E-state index contributed by atoms with van der Waals surface area (Å²) in [7, 11) is 0. The van der Waals surface area contributed by atoms with E-state index in [1.165, 1.54) is 24.8 Å². The van der Waals surface area contributed by atoms with Crippen molar-refractivity contribution in [2.45, 2.75) is 13.8 Å². The van der Waals surface area contributed by atoms with E-state index in [2.05, 4.69) is 55.6 Å². The van der Waals surface area contributed by atoms with Crippen LogP contribution < -0.4 is 35.6 Å². The third-order valence-corrected chi connectivity index (χ3v) is 13.1. The van der Waals surface area contributed by atoms with Gasteiger partial charge in [0, 0.05) is 114 Å². The highest BCUT2D eigenvalue weighted by atomic mass is 19.1. The fourth-order valence-corrected chi connectivity index (χ4v) is 9.46. The second-order valence-corrected chi connectivity index (χ2v) is 17.6. The van der Waals surface area contributed by atoms with Crippen LogP contribution in [0.15, 0.2) is 78.3 Å². The van der Waals surface area contributed by atoms with Crippen LogP contribution in [0.4, 0.5) is 63.3 Å². The van der Waals surface area contributed by atoms with Crippen molar-refractivity contribution < 1.29 is 36.2 Å². The predicted molar refractivity (Wildman–Crippen MR) is 264 cm³/mol. The summed E-state index contributed by atoms with van der Waals surface area (Å²) in [5, 5.41) is 10.5. The number of carbonyl (C=O) groups excluding carboxylic acids is 1. The van der Waals surface area contributed by atoms with E-state index < -0.39 is 23.3 Å². The number of hydrogen-bond donors (Lipinski definition) is 3. The maximum absolute atomic E-state index is 15.2. The summed E-state index contributed by atoms with van der Waals surface area (Å²) in [5.41, 5.74) is 6.68. The lowest BCUT2D eigenvalue weighted by Crippen LogP contribution is -2.49. The highest BCUT2D eigenvalue weighted by Crippen LogP contribution is 2.39. The summed E-state index contributed by atoms with van der Waals surface area (Å²) < 4.78 is 74.3. The lowest BCUT2D eigenvalue weighted by Gasteiger charge is -2.36. The van der Waals surface area contributed by atoms with Gasteiger partial charge in [0.05, 0.1) is 107 Å². The molecule has 4 aliphatic rings. The Labute approximate surface area is 406 Å². The maximum atomic E-state index is 15.2. The molecule has 2 aromatic carbocycles. The Morgan fingerprint density at radius 3 is 1.54 bits per heavy atom. The molecule has 370 valence electrons. The van der Waals surface area contributed by atoms with Crippen molar-refractivity contribution in [1.82, 2.24) is 35.1 Å². The van der Waals surface area contributed by atoms with Crippen LogP contribution >= 0.6 is 0 Å². The first-order valence-electron chi connectivity index (χ1n) is 23.6. The van der Waals surface area contributed by atoms with E-state index in [0.29, 0.717) is 86.6 Å². The minimum Gasteiger partial charge on any atom is -0.451 e. The molecule has 3 N–H and O–H groups in total. The second kappa shape index (κ2) is 20.9. The summed E-state index contributed by atoms with van der Waals surface area (Å²) >= 11 is 0. The van der Waals surface area contributed by atoms with Crippen molar-refractivity contribution in [3.8, 4) is 0 Å². The molecule has 4 fully saturated rings. The van der Waals surface area contributed by atoms with Gasteiger partial charge >= 0.3 is 0 Å². The van der Waals surface area contributed by atoms with Gasteiger partial charge in [-0.25, -0.2) is 32.5 Å². The number of aromatic nitrogens is 5. The molecule has 0 bridgehead atoms. The molecule has 71 heavy (non-hydrogen) atoms. The van der Waals surface area contributed by atoms with Crippen LogP contribution in [0, 0.1) is 37.1 Å². The average molecular weight is 976 g/mol. The Morgan fingerprint density at radius 2 is 1.07 bits per heavy atom. The number of morpholine rings is 2. The fourth-order valence-electron chi connectivity index (χ4n) is 9.46. The number of fused-ring (bicyclic) bond motifs is 2. The molecule has 4 saturated heterocycles. The van der Waals surface area contributed by atoms with E-state index in [0.717, 1.165) is 92.9 Å². The van der Waals surface area contributed by atoms with Gasteiger partial charge in [0.2, 0.25) is 0 Å². The number of halogens is 4. The molecule has 7 aromatic rings. The Balaban J connectivity index is 0.000000167.